The van der Waals surface area contributed by atoms with Gasteiger partial charge in [-0.05, 0) is 46.1 Å². The van der Waals surface area contributed by atoms with Crippen LogP contribution in [0.15, 0.2) is 23.5 Å². The van der Waals surface area contributed by atoms with Gasteiger partial charge in [0.25, 0.3) is 0 Å². The molecule has 1 aromatic rings. The van der Waals surface area contributed by atoms with Crippen LogP contribution in [0, 0.1) is 0 Å². The Balaban J connectivity index is 1.69. The highest BCUT2D eigenvalue weighted by molar-refractivity contribution is 5.98. The van der Waals surface area contributed by atoms with E-state index >= 15 is 0 Å². The number of oxime groups is 1. The minimum absolute atomic E-state index is 0.0878. The van der Waals surface area contributed by atoms with Crippen molar-refractivity contribution in [3.05, 3.63) is 23.9 Å². The van der Waals surface area contributed by atoms with Crippen LogP contribution in [0.25, 0.3) is 0 Å². The van der Waals surface area contributed by atoms with E-state index in [4.69, 9.17) is 19.0 Å². The number of hydrogen-bond donors (Lipinski definition) is 0. The third kappa shape index (κ3) is 6.54. The third-order valence-electron chi connectivity index (χ3n) is 3.33. The molecule has 0 aromatic carbocycles. The van der Waals surface area contributed by atoms with E-state index in [0.717, 1.165) is 37.1 Å². The Bertz CT molecular complexity index is 482. The molecule has 2 heterocycles. The van der Waals surface area contributed by atoms with Crippen LogP contribution >= 0.6 is 0 Å². The Labute approximate surface area is 137 Å². The Morgan fingerprint density at radius 2 is 2.22 bits per heavy atom. The second kappa shape index (κ2) is 9.47. The zero-order chi connectivity index (χ0) is 16.5. The van der Waals surface area contributed by atoms with Crippen LogP contribution in [0.2, 0.25) is 0 Å². The fraction of sp³-hybridized carbons (Fsp3) is 0.647. The first-order valence-corrected chi connectivity index (χ1v) is 8.18. The van der Waals surface area contributed by atoms with Crippen molar-refractivity contribution in [2.45, 2.75) is 52.4 Å². The number of ether oxygens (including phenoxy) is 3. The first-order valence-electron chi connectivity index (χ1n) is 8.18. The van der Waals surface area contributed by atoms with E-state index in [9.17, 15) is 0 Å². The van der Waals surface area contributed by atoms with Crippen LogP contribution in [0.1, 0.15) is 45.6 Å². The van der Waals surface area contributed by atoms with E-state index in [0.29, 0.717) is 19.1 Å². The molecule has 6 heteroatoms. The van der Waals surface area contributed by atoms with Crippen LogP contribution in [0.4, 0.5) is 0 Å². The highest BCUT2D eigenvalue weighted by Gasteiger charge is 2.13. The molecule has 1 fully saturated rings. The maximum absolute atomic E-state index is 5.58. The largest absolute Gasteiger partial charge is 0.475 e. The average Bonchev–Trinajstić information content (AvgIpc) is 2.55. The second-order valence-corrected chi connectivity index (χ2v) is 5.73. The van der Waals surface area contributed by atoms with E-state index < -0.39 is 0 Å². The molecular formula is C17H26N2O4. The summed E-state index contributed by atoms with van der Waals surface area (Å²) in [4.78, 5) is 9.53. The first-order chi connectivity index (χ1) is 11.1. The SMILES string of the molecule is CC(=NOCCOC1CCCCO1)c1ccc(OC(C)C)nc1. The Kier molecular flexibility index (Phi) is 7.29. The van der Waals surface area contributed by atoms with Gasteiger partial charge in [0.05, 0.1) is 18.4 Å². The smallest absolute Gasteiger partial charge is 0.213 e. The van der Waals surface area contributed by atoms with Crippen LogP contribution < -0.4 is 4.74 Å². The molecule has 1 unspecified atom stereocenters. The van der Waals surface area contributed by atoms with Crippen molar-refractivity contribution in [3.8, 4) is 5.88 Å². The normalized spacial score (nSPS) is 19.0. The van der Waals surface area contributed by atoms with Gasteiger partial charge in [-0.25, -0.2) is 4.98 Å². The second-order valence-electron chi connectivity index (χ2n) is 5.73. The molecule has 0 amide bonds. The lowest BCUT2D eigenvalue weighted by Crippen LogP contribution is -2.23. The van der Waals surface area contributed by atoms with Crippen molar-refractivity contribution < 1.29 is 19.0 Å². The molecule has 0 aliphatic carbocycles. The predicted molar refractivity (Wildman–Crippen MR) is 87.7 cm³/mol. The molecular weight excluding hydrogens is 296 g/mol. The van der Waals surface area contributed by atoms with Gasteiger partial charge in [0.2, 0.25) is 5.88 Å². The van der Waals surface area contributed by atoms with E-state index in [1.54, 1.807) is 6.20 Å². The third-order valence-corrected chi connectivity index (χ3v) is 3.33. The molecule has 23 heavy (non-hydrogen) atoms. The molecule has 128 valence electrons. The lowest BCUT2D eigenvalue weighted by Gasteiger charge is -2.22. The van der Waals surface area contributed by atoms with Crippen LogP contribution in [-0.2, 0) is 14.3 Å². The van der Waals surface area contributed by atoms with Gasteiger partial charge < -0.3 is 19.0 Å². The topological polar surface area (TPSA) is 62.2 Å². The minimum Gasteiger partial charge on any atom is -0.475 e. The summed E-state index contributed by atoms with van der Waals surface area (Å²) in [5.41, 5.74) is 1.67. The van der Waals surface area contributed by atoms with E-state index in [-0.39, 0.29) is 12.4 Å². The summed E-state index contributed by atoms with van der Waals surface area (Å²) in [5.74, 6) is 0.610. The van der Waals surface area contributed by atoms with Gasteiger partial charge in [-0.2, -0.15) is 0 Å². The number of nitrogens with zero attached hydrogens (tertiary/aromatic N) is 2. The Morgan fingerprint density at radius 3 is 2.87 bits per heavy atom. The summed E-state index contributed by atoms with van der Waals surface area (Å²) in [6, 6.07) is 3.75. The van der Waals surface area contributed by atoms with Crippen molar-refractivity contribution in [1.29, 1.82) is 0 Å². The van der Waals surface area contributed by atoms with Gasteiger partial charge in [0.1, 0.15) is 6.61 Å². The zero-order valence-electron chi connectivity index (χ0n) is 14.2. The highest BCUT2D eigenvalue weighted by Crippen LogP contribution is 2.13. The Morgan fingerprint density at radius 1 is 1.35 bits per heavy atom. The molecule has 0 saturated carbocycles. The van der Waals surface area contributed by atoms with Gasteiger partial charge >= 0.3 is 0 Å². The highest BCUT2D eigenvalue weighted by atomic mass is 16.7. The standard InChI is InChI=1S/C17H26N2O4/c1-13(2)23-16-8-7-15(12-18-16)14(3)19-22-11-10-21-17-6-4-5-9-20-17/h7-8,12-13,17H,4-6,9-11H2,1-3H3. The average molecular weight is 322 g/mol. The number of aromatic nitrogens is 1. The van der Waals surface area contributed by atoms with E-state index in [1.165, 1.54) is 0 Å². The molecule has 0 spiro atoms. The van der Waals surface area contributed by atoms with Crippen molar-refractivity contribution in [2.24, 2.45) is 5.16 Å². The molecule has 1 atom stereocenters. The Hall–Kier alpha value is -1.66. The molecule has 1 saturated heterocycles. The van der Waals surface area contributed by atoms with Crippen molar-refractivity contribution in [2.75, 3.05) is 19.8 Å². The monoisotopic (exact) mass is 322 g/mol. The van der Waals surface area contributed by atoms with Gasteiger partial charge in [0, 0.05) is 24.4 Å². The molecule has 1 aliphatic heterocycles. The van der Waals surface area contributed by atoms with Crippen molar-refractivity contribution in [3.63, 3.8) is 0 Å². The van der Waals surface area contributed by atoms with E-state index in [1.807, 2.05) is 32.9 Å². The molecule has 0 bridgehead atoms. The van der Waals surface area contributed by atoms with Crippen LogP contribution in [0.5, 0.6) is 5.88 Å². The molecule has 0 N–H and O–H groups in total. The van der Waals surface area contributed by atoms with Crippen LogP contribution in [0.3, 0.4) is 0 Å². The maximum Gasteiger partial charge on any atom is 0.213 e. The summed E-state index contributed by atoms with van der Waals surface area (Å²) in [5, 5.41) is 4.08. The number of pyridine rings is 1. The summed E-state index contributed by atoms with van der Waals surface area (Å²) in [6.07, 6.45) is 4.99. The minimum atomic E-state index is -0.0878. The van der Waals surface area contributed by atoms with Gasteiger partial charge in [-0.15, -0.1) is 0 Å². The lowest BCUT2D eigenvalue weighted by molar-refractivity contribution is -0.169. The molecule has 0 radical (unpaired) electrons. The predicted octanol–water partition coefficient (Wildman–Crippen LogP) is 3.15. The summed E-state index contributed by atoms with van der Waals surface area (Å²) >= 11 is 0. The zero-order valence-corrected chi connectivity index (χ0v) is 14.2. The first kappa shape index (κ1) is 17.7. The summed E-state index contributed by atoms with van der Waals surface area (Å²) in [6.45, 7) is 7.48. The summed E-state index contributed by atoms with van der Waals surface area (Å²) in [7, 11) is 0. The van der Waals surface area contributed by atoms with Gasteiger partial charge in [0.15, 0.2) is 6.29 Å². The molecule has 1 aromatic heterocycles. The van der Waals surface area contributed by atoms with Gasteiger partial charge in [-0.3, -0.25) is 0 Å². The van der Waals surface area contributed by atoms with E-state index in [2.05, 4.69) is 10.1 Å². The van der Waals surface area contributed by atoms with Crippen molar-refractivity contribution >= 4 is 5.71 Å². The molecule has 1 aliphatic rings. The lowest BCUT2D eigenvalue weighted by atomic mass is 10.2. The maximum atomic E-state index is 5.58. The number of rotatable bonds is 8. The molecule has 2 rings (SSSR count). The summed E-state index contributed by atoms with van der Waals surface area (Å²) < 4.78 is 16.6. The number of hydrogen-bond acceptors (Lipinski definition) is 6. The van der Waals surface area contributed by atoms with Gasteiger partial charge in [-0.1, -0.05) is 5.16 Å². The fourth-order valence-electron chi connectivity index (χ4n) is 2.16. The fourth-order valence-corrected chi connectivity index (χ4v) is 2.16. The van der Waals surface area contributed by atoms with Crippen molar-refractivity contribution in [1.82, 2.24) is 4.98 Å². The quantitative estimate of drug-likeness (QED) is 0.418. The molecule has 6 nitrogen and oxygen atoms in total. The van der Waals surface area contributed by atoms with Crippen LogP contribution in [-0.4, -0.2) is 42.9 Å².